The van der Waals surface area contributed by atoms with E-state index >= 15 is 0 Å². The van der Waals surface area contributed by atoms with Crippen LogP contribution in [0.25, 0.3) is 0 Å². The number of hydrogen-bond acceptors (Lipinski definition) is 2. The summed E-state index contributed by atoms with van der Waals surface area (Å²) < 4.78 is 7.31. The standard InChI is InChI=1S/C19H27ClN4O.HI/c1-5-21-19(24(3)14-17-12-16(20)13-23(17)2)22-10-9-15-7-6-8-18(11-15)25-4;/h6-8,11-13H,5,9-10,14H2,1-4H3,(H,21,22);1H. The van der Waals surface area contributed by atoms with Crippen LogP contribution in [0.4, 0.5) is 0 Å². The van der Waals surface area contributed by atoms with Crippen LogP contribution in [0, 0.1) is 0 Å². The molecule has 7 heteroatoms. The number of halogens is 2. The predicted molar refractivity (Wildman–Crippen MR) is 120 cm³/mol. The van der Waals surface area contributed by atoms with Crippen molar-refractivity contribution >= 4 is 41.5 Å². The fraction of sp³-hybridized carbons (Fsp3) is 0.421. The summed E-state index contributed by atoms with van der Waals surface area (Å²) in [7, 11) is 5.72. The largest absolute Gasteiger partial charge is 0.497 e. The lowest BCUT2D eigenvalue weighted by Crippen LogP contribution is -2.39. The molecule has 1 aromatic heterocycles. The van der Waals surface area contributed by atoms with Crippen LogP contribution in [0.15, 0.2) is 41.5 Å². The van der Waals surface area contributed by atoms with Crippen molar-refractivity contribution in [3.05, 3.63) is 52.8 Å². The Kier molecular flexibility index (Phi) is 9.87. The van der Waals surface area contributed by atoms with Crippen LogP contribution in [-0.4, -0.2) is 42.7 Å². The van der Waals surface area contributed by atoms with Crippen molar-refractivity contribution in [1.29, 1.82) is 0 Å². The molecule has 0 saturated heterocycles. The Morgan fingerprint density at radius 3 is 2.73 bits per heavy atom. The zero-order valence-electron chi connectivity index (χ0n) is 15.8. The molecule has 0 radical (unpaired) electrons. The quantitative estimate of drug-likeness (QED) is 0.363. The van der Waals surface area contributed by atoms with Crippen molar-refractivity contribution in [2.75, 3.05) is 27.2 Å². The molecule has 0 aliphatic heterocycles. The van der Waals surface area contributed by atoms with Gasteiger partial charge in [-0.05, 0) is 37.1 Å². The second-order valence-electron chi connectivity index (χ2n) is 5.95. The second kappa shape index (κ2) is 11.3. The van der Waals surface area contributed by atoms with Crippen LogP contribution in [0.2, 0.25) is 5.02 Å². The molecule has 0 atom stereocenters. The molecule has 0 unspecified atom stereocenters. The lowest BCUT2D eigenvalue weighted by Gasteiger charge is -2.22. The van der Waals surface area contributed by atoms with Gasteiger partial charge in [-0.2, -0.15) is 0 Å². The van der Waals surface area contributed by atoms with Crippen LogP contribution >= 0.6 is 35.6 Å². The van der Waals surface area contributed by atoms with E-state index in [4.69, 9.17) is 21.3 Å². The van der Waals surface area contributed by atoms with Crippen LogP contribution < -0.4 is 10.1 Å². The van der Waals surface area contributed by atoms with E-state index in [1.54, 1.807) is 7.11 Å². The Morgan fingerprint density at radius 2 is 2.12 bits per heavy atom. The number of methoxy groups -OCH3 is 1. The van der Waals surface area contributed by atoms with Gasteiger partial charge in [-0.25, -0.2) is 0 Å². The Bertz CT molecular complexity index is 717. The number of hydrogen-bond donors (Lipinski definition) is 1. The van der Waals surface area contributed by atoms with E-state index in [1.165, 1.54) is 5.56 Å². The minimum absolute atomic E-state index is 0. The first-order valence-corrected chi connectivity index (χ1v) is 8.84. The highest BCUT2D eigenvalue weighted by atomic mass is 127. The molecule has 0 amide bonds. The van der Waals surface area contributed by atoms with Gasteiger partial charge in [0.2, 0.25) is 0 Å². The second-order valence-corrected chi connectivity index (χ2v) is 6.39. The molecular weight excluding hydrogens is 463 g/mol. The first-order chi connectivity index (χ1) is 12.0. The highest BCUT2D eigenvalue weighted by Gasteiger charge is 2.09. The summed E-state index contributed by atoms with van der Waals surface area (Å²) in [5.74, 6) is 1.77. The van der Waals surface area contributed by atoms with Crippen molar-refractivity contribution in [2.24, 2.45) is 12.0 Å². The highest BCUT2D eigenvalue weighted by Crippen LogP contribution is 2.15. The number of ether oxygens (including phenoxy) is 1. The van der Waals surface area contributed by atoms with Crippen molar-refractivity contribution in [1.82, 2.24) is 14.8 Å². The molecule has 0 spiro atoms. The molecule has 0 aliphatic carbocycles. The van der Waals surface area contributed by atoms with Gasteiger partial charge in [0, 0.05) is 39.1 Å². The van der Waals surface area contributed by atoms with Gasteiger partial charge in [-0.3, -0.25) is 4.99 Å². The molecular formula is C19H28ClIN4O. The summed E-state index contributed by atoms with van der Waals surface area (Å²) in [6.07, 6.45) is 2.79. The SMILES string of the molecule is CCNC(=NCCc1cccc(OC)c1)N(C)Cc1cc(Cl)cn1C.I. The molecule has 144 valence electrons. The van der Waals surface area contributed by atoms with Crippen molar-refractivity contribution in [3.8, 4) is 5.75 Å². The number of benzene rings is 1. The highest BCUT2D eigenvalue weighted by molar-refractivity contribution is 14.0. The summed E-state index contributed by atoms with van der Waals surface area (Å²) in [4.78, 5) is 6.86. The molecule has 1 N–H and O–H groups in total. The van der Waals surface area contributed by atoms with Crippen molar-refractivity contribution < 1.29 is 4.74 Å². The van der Waals surface area contributed by atoms with Gasteiger partial charge in [0.15, 0.2) is 5.96 Å². The number of aromatic nitrogens is 1. The van der Waals surface area contributed by atoms with Gasteiger partial charge in [0.25, 0.3) is 0 Å². The molecule has 0 aliphatic rings. The Morgan fingerprint density at radius 1 is 1.35 bits per heavy atom. The average molecular weight is 491 g/mol. The monoisotopic (exact) mass is 490 g/mol. The average Bonchev–Trinajstić information content (AvgIpc) is 2.91. The van der Waals surface area contributed by atoms with Gasteiger partial charge >= 0.3 is 0 Å². The molecule has 0 fully saturated rings. The van der Waals surface area contributed by atoms with E-state index in [-0.39, 0.29) is 24.0 Å². The topological polar surface area (TPSA) is 41.8 Å². The van der Waals surface area contributed by atoms with Gasteiger partial charge in [-0.15, -0.1) is 24.0 Å². The summed E-state index contributed by atoms with van der Waals surface area (Å²) in [6, 6.07) is 10.1. The summed E-state index contributed by atoms with van der Waals surface area (Å²) in [5.41, 5.74) is 2.36. The van der Waals surface area contributed by atoms with Crippen molar-refractivity contribution in [3.63, 3.8) is 0 Å². The molecule has 26 heavy (non-hydrogen) atoms. The fourth-order valence-electron chi connectivity index (χ4n) is 2.63. The molecule has 0 bridgehead atoms. The summed E-state index contributed by atoms with van der Waals surface area (Å²) >= 11 is 6.07. The third-order valence-corrected chi connectivity index (χ3v) is 4.17. The Hall–Kier alpha value is -1.41. The van der Waals surface area contributed by atoms with Crippen LogP contribution in [0.5, 0.6) is 5.75 Å². The smallest absolute Gasteiger partial charge is 0.194 e. The third kappa shape index (κ3) is 6.72. The summed E-state index contributed by atoms with van der Waals surface area (Å²) in [5, 5.41) is 4.10. The number of nitrogens with one attached hydrogen (secondary N) is 1. The van der Waals surface area contributed by atoms with E-state index in [9.17, 15) is 0 Å². The molecule has 1 aromatic carbocycles. The van der Waals surface area contributed by atoms with E-state index in [0.29, 0.717) is 6.54 Å². The van der Waals surface area contributed by atoms with E-state index < -0.39 is 0 Å². The third-order valence-electron chi connectivity index (χ3n) is 3.97. The number of aliphatic imine (C=N–C) groups is 1. The maximum Gasteiger partial charge on any atom is 0.194 e. The maximum absolute atomic E-state index is 6.07. The number of rotatable bonds is 7. The number of nitrogens with zero attached hydrogens (tertiary/aromatic N) is 3. The zero-order valence-corrected chi connectivity index (χ0v) is 18.9. The first-order valence-electron chi connectivity index (χ1n) is 8.46. The van der Waals surface area contributed by atoms with E-state index in [1.807, 2.05) is 43.1 Å². The van der Waals surface area contributed by atoms with Crippen LogP contribution in [0.1, 0.15) is 18.2 Å². The minimum Gasteiger partial charge on any atom is -0.497 e. The van der Waals surface area contributed by atoms with Gasteiger partial charge < -0.3 is 19.5 Å². The minimum atomic E-state index is 0. The predicted octanol–water partition coefficient (Wildman–Crippen LogP) is 3.95. The van der Waals surface area contributed by atoms with E-state index in [2.05, 4.69) is 29.3 Å². The van der Waals surface area contributed by atoms with E-state index in [0.717, 1.165) is 41.9 Å². The maximum atomic E-state index is 6.07. The first kappa shape index (κ1) is 22.6. The lowest BCUT2D eigenvalue weighted by molar-refractivity contribution is 0.414. The zero-order chi connectivity index (χ0) is 18.2. The number of guanidine groups is 1. The lowest BCUT2D eigenvalue weighted by atomic mass is 10.1. The Balaban J connectivity index is 0.00000338. The number of aryl methyl sites for hydroxylation is 1. The molecule has 0 saturated carbocycles. The van der Waals surface area contributed by atoms with Gasteiger partial charge in [0.1, 0.15) is 5.75 Å². The fourth-order valence-corrected chi connectivity index (χ4v) is 2.90. The Labute approximate surface area is 178 Å². The molecule has 2 rings (SSSR count). The molecule has 5 nitrogen and oxygen atoms in total. The van der Waals surface area contributed by atoms with Gasteiger partial charge in [0.05, 0.1) is 18.7 Å². The summed E-state index contributed by atoms with van der Waals surface area (Å²) in [6.45, 7) is 4.36. The molecule has 1 heterocycles. The van der Waals surface area contributed by atoms with Crippen molar-refractivity contribution in [2.45, 2.75) is 19.9 Å². The van der Waals surface area contributed by atoms with Crippen LogP contribution in [-0.2, 0) is 20.0 Å². The normalized spacial score (nSPS) is 11.0. The molecule has 2 aromatic rings. The van der Waals surface area contributed by atoms with Gasteiger partial charge in [-0.1, -0.05) is 23.7 Å². The van der Waals surface area contributed by atoms with Crippen LogP contribution in [0.3, 0.4) is 0 Å².